The van der Waals surface area contributed by atoms with Crippen molar-refractivity contribution in [3.8, 4) is 0 Å². The van der Waals surface area contributed by atoms with E-state index in [0.717, 1.165) is 11.0 Å². The third-order valence-corrected chi connectivity index (χ3v) is 2.43. The number of hydrogen-bond donors (Lipinski definition) is 0. The highest BCUT2D eigenvalue weighted by molar-refractivity contribution is 4.90. The smallest absolute Gasteiger partial charge is 0.0460 e. The summed E-state index contributed by atoms with van der Waals surface area (Å²) >= 11 is 0. The lowest BCUT2D eigenvalue weighted by molar-refractivity contribution is -0.118. The van der Waals surface area contributed by atoms with Gasteiger partial charge in [-0.3, -0.25) is 4.90 Å². The maximum absolute atomic E-state index is 12.2. The molecule has 0 atom stereocenters. The zero-order chi connectivity index (χ0) is 7.14. The van der Waals surface area contributed by atoms with Crippen LogP contribution in [-0.4, -0.2) is 42.2 Å². The molecule has 0 aliphatic carbocycles. The highest BCUT2D eigenvalue weighted by atomic mass is 19.2. The largest absolute Gasteiger partial charge is 0.297 e. The molecule has 58 valence electrons. The van der Waals surface area contributed by atoms with Crippen LogP contribution in [0.2, 0.25) is 0 Å². The summed E-state index contributed by atoms with van der Waals surface area (Å²) in [6.45, 7) is 5.86. The van der Waals surface area contributed by atoms with Crippen molar-refractivity contribution in [2.24, 2.45) is 5.92 Å². The fourth-order valence-electron chi connectivity index (χ4n) is 1.68. The second-order valence-corrected chi connectivity index (χ2v) is 3.54. The van der Waals surface area contributed by atoms with E-state index in [1.807, 2.05) is 0 Å². The van der Waals surface area contributed by atoms with Crippen LogP contribution in [0.5, 0.6) is 0 Å². The maximum atomic E-state index is 12.2. The molecule has 2 aliphatic heterocycles. The van der Waals surface area contributed by atoms with Gasteiger partial charge in [0.2, 0.25) is 0 Å². The van der Waals surface area contributed by atoms with Gasteiger partial charge in [0, 0.05) is 32.2 Å². The molecule has 0 unspecified atom stereocenters. The molecular formula is C7H13FN2. The maximum Gasteiger partial charge on any atom is 0.0460 e. The van der Waals surface area contributed by atoms with Crippen molar-refractivity contribution >= 4 is 0 Å². The Labute approximate surface area is 60.5 Å². The Morgan fingerprint density at radius 3 is 2.20 bits per heavy atom. The van der Waals surface area contributed by atoms with Crippen molar-refractivity contribution < 1.29 is 4.48 Å². The number of halogens is 1. The molecule has 2 aliphatic rings. The molecule has 0 saturated carbocycles. The van der Waals surface area contributed by atoms with Gasteiger partial charge in [-0.05, 0) is 5.92 Å². The van der Waals surface area contributed by atoms with Crippen LogP contribution >= 0.6 is 0 Å². The first-order valence-corrected chi connectivity index (χ1v) is 3.90. The van der Waals surface area contributed by atoms with Crippen LogP contribution in [-0.2, 0) is 0 Å². The fourth-order valence-corrected chi connectivity index (χ4v) is 1.68. The van der Waals surface area contributed by atoms with Crippen molar-refractivity contribution in [2.75, 3.05) is 26.2 Å². The van der Waals surface area contributed by atoms with Crippen molar-refractivity contribution in [1.82, 2.24) is 10.0 Å². The molecule has 10 heavy (non-hydrogen) atoms. The second-order valence-electron chi connectivity index (χ2n) is 3.54. The van der Waals surface area contributed by atoms with Crippen LogP contribution in [0.15, 0.2) is 0 Å². The minimum atomic E-state index is 0.529. The summed E-state index contributed by atoms with van der Waals surface area (Å²) in [6, 6.07) is 0.529. The summed E-state index contributed by atoms with van der Waals surface area (Å²) in [7, 11) is 0. The molecule has 2 saturated heterocycles. The van der Waals surface area contributed by atoms with E-state index in [1.54, 1.807) is 0 Å². The van der Waals surface area contributed by atoms with Gasteiger partial charge in [-0.15, -0.1) is 9.60 Å². The van der Waals surface area contributed by atoms with E-state index in [0.29, 0.717) is 19.1 Å². The van der Waals surface area contributed by atoms with Crippen LogP contribution in [0.25, 0.3) is 0 Å². The molecule has 2 fully saturated rings. The van der Waals surface area contributed by atoms with Gasteiger partial charge in [-0.2, -0.15) is 0 Å². The average Bonchev–Trinajstić information content (AvgIpc) is 1.74. The summed E-state index contributed by atoms with van der Waals surface area (Å²) in [5, 5.41) is 0.883. The van der Waals surface area contributed by atoms with E-state index >= 15 is 0 Å². The monoisotopic (exact) mass is 144 g/mol. The van der Waals surface area contributed by atoms with Gasteiger partial charge in [-0.25, -0.2) is 0 Å². The van der Waals surface area contributed by atoms with Crippen molar-refractivity contribution in [3.63, 3.8) is 0 Å². The summed E-state index contributed by atoms with van der Waals surface area (Å²) in [5.41, 5.74) is 0. The van der Waals surface area contributed by atoms with Crippen molar-refractivity contribution in [2.45, 2.75) is 13.0 Å². The summed E-state index contributed by atoms with van der Waals surface area (Å²) in [5.74, 6) is 0.841. The van der Waals surface area contributed by atoms with Gasteiger partial charge in [0.05, 0.1) is 0 Å². The molecule has 2 nitrogen and oxygen atoms in total. The lowest BCUT2D eigenvalue weighted by Gasteiger charge is -2.48. The molecule has 0 radical (unpaired) electrons. The molecular weight excluding hydrogens is 131 g/mol. The Balaban J connectivity index is 1.72. The van der Waals surface area contributed by atoms with E-state index in [9.17, 15) is 4.48 Å². The van der Waals surface area contributed by atoms with Crippen LogP contribution in [0.1, 0.15) is 6.92 Å². The van der Waals surface area contributed by atoms with Crippen LogP contribution < -0.4 is 0 Å². The number of likely N-dealkylation sites (tertiary alicyclic amines) is 1. The Bertz CT molecular complexity index is 112. The van der Waals surface area contributed by atoms with Crippen LogP contribution in [0, 0.1) is 5.92 Å². The lowest BCUT2D eigenvalue weighted by Crippen LogP contribution is -2.62. The first-order chi connectivity index (χ1) is 4.75. The Hall–Kier alpha value is -0.150. The fraction of sp³-hybridized carbons (Fsp3) is 1.00. The molecule has 0 spiro atoms. The standard InChI is InChI=1S/C7H13FN2/c1-6-2-9(3-6)7-4-10(8)5-7/h6-7H,2-5H2,1H3. The third kappa shape index (κ3) is 0.935. The first kappa shape index (κ1) is 6.55. The SMILES string of the molecule is CC1CN(C2CN(F)C2)C1. The normalized spacial score (nSPS) is 31.8. The number of nitrogens with zero attached hydrogens (tertiary/aromatic N) is 2. The summed E-state index contributed by atoms with van der Waals surface area (Å²) in [4.78, 5) is 2.36. The predicted molar refractivity (Wildman–Crippen MR) is 37.2 cm³/mol. The van der Waals surface area contributed by atoms with Crippen molar-refractivity contribution in [1.29, 1.82) is 0 Å². The lowest BCUT2D eigenvalue weighted by atomic mass is 9.97. The molecule has 2 rings (SSSR count). The highest BCUT2D eigenvalue weighted by Gasteiger charge is 2.37. The molecule has 0 aromatic rings. The zero-order valence-corrected chi connectivity index (χ0v) is 6.26. The van der Waals surface area contributed by atoms with Gasteiger partial charge < -0.3 is 0 Å². The van der Waals surface area contributed by atoms with Gasteiger partial charge in [-0.1, -0.05) is 6.92 Å². The molecule has 0 aromatic carbocycles. The molecule has 0 amide bonds. The quantitative estimate of drug-likeness (QED) is 0.495. The van der Waals surface area contributed by atoms with E-state index < -0.39 is 0 Å². The van der Waals surface area contributed by atoms with Crippen LogP contribution in [0.4, 0.5) is 4.48 Å². The average molecular weight is 144 g/mol. The summed E-state index contributed by atoms with van der Waals surface area (Å²) < 4.78 is 12.2. The third-order valence-electron chi connectivity index (χ3n) is 2.43. The Morgan fingerprint density at radius 1 is 1.20 bits per heavy atom. The van der Waals surface area contributed by atoms with Gasteiger partial charge in [0.25, 0.3) is 0 Å². The summed E-state index contributed by atoms with van der Waals surface area (Å²) in [6.07, 6.45) is 0. The van der Waals surface area contributed by atoms with E-state index in [1.165, 1.54) is 13.1 Å². The van der Waals surface area contributed by atoms with Gasteiger partial charge in [0.1, 0.15) is 0 Å². The topological polar surface area (TPSA) is 6.48 Å². The highest BCUT2D eigenvalue weighted by Crippen LogP contribution is 2.23. The zero-order valence-electron chi connectivity index (χ0n) is 6.26. The second kappa shape index (κ2) is 2.17. The van der Waals surface area contributed by atoms with E-state index in [-0.39, 0.29) is 0 Å². The minimum absolute atomic E-state index is 0.529. The number of hydrogen-bond acceptors (Lipinski definition) is 2. The molecule has 2 heterocycles. The predicted octanol–water partition coefficient (Wildman–Crippen LogP) is 0.507. The van der Waals surface area contributed by atoms with Crippen molar-refractivity contribution in [3.05, 3.63) is 0 Å². The molecule has 3 heteroatoms. The van der Waals surface area contributed by atoms with Gasteiger partial charge in [0.15, 0.2) is 0 Å². The van der Waals surface area contributed by atoms with Gasteiger partial charge >= 0.3 is 0 Å². The Kier molecular flexibility index (Phi) is 1.42. The van der Waals surface area contributed by atoms with E-state index in [2.05, 4.69) is 11.8 Å². The number of rotatable bonds is 1. The molecule has 0 bridgehead atoms. The molecule has 0 aromatic heterocycles. The first-order valence-electron chi connectivity index (χ1n) is 3.90. The van der Waals surface area contributed by atoms with Crippen LogP contribution in [0.3, 0.4) is 0 Å². The Morgan fingerprint density at radius 2 is 1.80 bits per heavy atom. The molecule has 0 N–H and O–H groups in total. The minimum Gasteiger partial charge on any atom is -0.297 e. The van der Waals surface area contributed by atoms with E-state index in [4.69, 9.17) is 0 Å².